The van der Waals surface area contributed by atoms with E-state index in [1.54, 1.807) is 20.8 Å². The molecule has 0 spiro atoms. The fourth-order valence-corrected chi connectivity index (χ4v) is 1.77. The summed E-state index contributed by atoms with van der Waals surface area (Å²) in [5, 5.41) is 4.47. The van der Waals surface area contributed by atoms with Crippen molar-refractivity contribution < 1.29 is 14.3 Å². The zero-order chi connectivity index (χ0) is 16.5. The van der Waals surface area contributed by atoms with Crippen LogP contribution in [0.1, 0.15) is 48.0 Å². The second kappa shape index (κ2) is 9.73. The molecule has 0 heterocycles. The van der Waals surface area contributed by atoms with Crippen LogP contribution in [0.2, 0.25) is 0 Å². The highest BCUT2D eigenvalue weighted by Crippen LogP contribution is 2.14. The Hall–Kier alpha value is -1.14. The number of carbonyl (C=O) groups excluding carboxylic acids is 2. The number of hydrogen-bond acceptors (Lipinski definition) is 5. The highest BCUT2D eigenvalue weighted by molar-refractivity contribution is 5.73. The molecule has 1 atom stereocenters. The van der Waals surface area contributed by atoms with Gasteiger partial charge in [0.25, 0.3) is 0 Å². The first-order chi connectivity index (χ1) is 9.71. The topological polar surface area (TPSA) is 70.7 Å². The molecule has 0 aliphatic carbocycles. The average molecular weight is 301 g/mol. The molecule has 2 N–H and O–H groups in total. The Kier molecular flexibility index (Phi) is 9.21. The summed E-state index contributed by atoms with van der Waals surface area (Å²) >= 11 is 0. The molecule has 6 heteroatoms. The van der Waals surface area contributed by atoms with E-state index in [0.717, 1.165) is 12.8 Å². The van der Waals surface area contributed by atoms with Gasteiger partial charge < -0.3 is 14.8 Å². The molecule has 0 fully saturated rings. The summed E-state index contributed by atoms with van der Waals surface area (Å²) in [5.41, 5.74) is 2.41. The van der Waals surface area contributed by atoms with Crippen molar-refractivity contribution in [1.29, 1.82) is 0 Å². The lowest BCUT2D eigenvalue weighted by Crippen LogP contribution is -2.53. The Balaban J connectivity index is 4.80. The predicted molar refractivity (Wildman–Crippen MR) is 83.9 cm³/mol. The maximum Gasteiger partial charge on any atom is 0.425 e. The smallest absolute Gasteiger partial charge is 0.425 e. The van der Waals surface area contributed by atoms with Crippen molar-refractivity contribution in [3.05, 3.63) is 0 Å². The van der Waals surface area contributed by atoms with Gasteiger partial charge in [0.05, 0.1) is 0 Å². The molecule has 0 radical (unpaired) electrons. The van der Waals surface area contributed by atoms with Crippen LogP contribution >= 0.6 is 0 Å². The SMILES string of the molecule is CCNCCNN(C(=O)OC(C)(C)C)[C@H](C=O)CC(C)C. The van der Waals surface area contributed by atoms with Gasteiger partial charge in [-0.05, 0) is 39.7 Å². The van der Waals surface area contributed by atoms with Crippen LogP contribution in [0, 0.1) is 5.92 Å². The number of ether oxygens (including phenoxy) is 1. The fourth-order valence-electron chi connectivity index (χ4n) is 1.77. The first kappa shape index (κ1) is 19.9. The van der Waals surface area contributed by atoms with Crippen LogP contribution in [-0.2, 0) is 9.53 Å². The number of aldehydes is 1. The zero-order valence-corrected chi connectivity index (χ0v) is 14.2. The summed E-state index contributed by atoms with van der Waals surface area (Å²) in [6.45, 7) is 13.6. The fraction of sp³-hybridized carbons (Fsp3) is 0.867. The Morgan fingerprint density at radius 1 is 1.29 bits per heavy atom. The Morgan fingerprint density at radius 2 is 1.90 bits per heavy atom. The van der Waals surface area contributed by atoms with E-state index in [1.807, 2.05) is 20.8 Å². The molecule has 0 aliphatic heterocycles. The number of likely N-dealkylation sites (N-methyl/N-ethyl adjacent to an activating group) is 1. The quantitative estimate of drug-likeness (QED) is 0.387. The summed E-state index contributed by atoms with van der Waals surface area (Å²) in [6, 6.07) is -0.526. The third kappa shape index (κ3) is 9.42. The molecule has 124 valence electrons. The van der Waals surface area contributed by atoms with E-state index in [9.17, 15) is 9.59 Å². The van der Waals surface area contributed by atoms with E-state index in [-0.39, 0.29) is 0 Å². The first-order valence-electron chi connectivity index (χ1n) is 7.63. The van der Waals surface area contributed by atoms with Gasteiger partial charge >= 0.3 is 6.09 Å². The van der Waals surface area contributed by atoms with Crippen molar-refractivity contribution in [2.75, 3.05) is 19.6 Å². The molecule has 0 aliphatic rings. The van der Waals surface area contributed by atoms with Gasteiger partial charge in [-0.1, -0.05) is 20.8 Å². The third-order valence-corrected chi connectivity index (χ3v) is 2.63. The zero-order valence-electron chi connectivity index (χ0n) is 14.2. The molecule has 1 amide bonds. The van der Waals surface area contributed by atoms with E-state index in [4.69, 9.17) is 4.74 Å². The molecular formula is C15H31N3O3. The summed E-state index contributed by atoms with van der Waals surface area (Å²) in [6.07, 6.45) is 0.873. The van der Waals surface area contributed by atoms with E-state index < -0.39 is 17.7 Å². The largest absolute Gasteiger partial charge is 0.443 e. The van der Waals surface area contributed by atoms with Crippen molar-refractivity contribution in [1.82, 2.24) is 15.8 Å². The van der Waals surface area contributed by atoms with Crippen LogP contribution in [0.4, 0.5) is 4.79 Å². The summed E-state index contributed by atoms with van der Waals surface area (Å²) in [5.74, 6) is 0.306. The van der Waals surface area contributed by atoms with Gasteiger partial charge in [-0.3, -0.25) is 0 Å². The molecule has 0 bridgehead atoms. The van der Waals surface area contributed by atoms with Crippen LogP contribution in [-0.4, -0.2) is 48.7 Å². The highest BCUT2D eigenvalue weighted by atomic mass is 16.6. The van der Waals surface area contributed by atoms with Gasteiger partial charge in [0, 0.05) is 13.1 Å². The number of nitrogens with zero attached hydrogens (tertiary/aromatic N) is 1. The monoisotopic (exact) mass is 301 g/mol. The van der Waals surface area contributed by atoms with Crippen molar-refractivity contribution >= 4 is 12.4 Å². The number of amides is 1. The number of carbonyl (C=O) groups is 2. The van der Waals surface area contributed by atoms with Crippen molar-refractivity contribution in [3.63, 3.8) is 0 Å². The lowest BCUT2D eigenvalue weighted by molar-refractivity contribution is -0.114. The second-order valence-corrected chi connectivity index (χ2v) is 6.44. The molecule has 21 heavy (non-hydrogen) atoms. The molecule has 0 aromatic carbocycles. The minimum absolute atomic E-state index is 0.306. The van der Waals surface area contributed by atoms with Crippen LogP contribution in [0.25, 0.3) is 0 Å². The predicted octanol–water partition coefficient (Wildman–Crippen LogP) is 1.95. The van der Waals surface area contributed by atoms with Crippen molar-refractivity contribution in [3.8, 4) is 0 Å². The molecule has 0 aromatic rings. The van der Waals surface area contributed by atoms with Crippen LogP contribution in [0.15, 0.2) is 0 Å². The molecule has 0 saturated carbocycles. The Labute approximate surface area is 128 Å². The lowest BCUT2D eigenvalue weighted by atomic mass is 10.0. The van der Waals surface area contributed by atoms with Crippen molar-refractivity contribution in [2.24, 2.45) is 5.92 Å². The average Bonchev–Trinajstić information content (AvgIpc) is 2.34. The van der Waals surface area contributed by atoms with Crippen molar-refractivity contribution in [2.45, 2.75) is 59.6 Å². The van der Waals surface area contributed by atoms with E-state index in [2.05, 4.69) is 10.7 Å². The molecular weight excluding hydrogens is 270 g/mol. The standard InChI is InChI=1S/C15H31N3O3/c1-7-16-8-9-17-18(13(11-19)10-12(2)3)14(20)21-15(4,5)6/h11-13,16-17H,7-10H2,1-6H3/t13-/m0/s1. The number of hydrogen-bond donors (Lipinski definition) is 2. The summed E-state index contributed by atoms with van der Waals surface area (Å²) in [4.78, 5) is 23.6. The first-order valence-corrected chi connectivity index (χ1v) is 7.63. The molecule has 0 saturated heterocycles. The maximum absolute atomic E-state index is 12.3. The van der Waals surface area contributed by atoms with Gasteiger partial charge in [0.15, 0.2) is 0 Å². The molecule has 6 nitrogen and oxygen atoms in total. The maximum atomic E-state index is 12.3. The minimum atomic E-state index is -0.593. The van der Waals surface area contributed by atoms with Crippen LogP contribution < -0.4 is 10.7 Å². The number of hydrazine groups is 1. The Morgan fingerprint density at radius 3 is 2.33 bits per heavy atom. The Bertz CT molecular complexity index is 314. The van der Waals surface area contributed by atoms with Gasteiger partial charge in [0.2, 0.25) is 0 Å². The molecule has 0 aromatic heterocycles. The normalized spacial score (nSPS) is 13.1. The summed E-state index contributed by atoms with van der Waals surface area (Å²) in [7, 11) is 0. The number of rotatable bonds is 9. The van der Waals surface area contributed by atoms with E-state index >= 15 is 0 Å². The minimum Gasteiger partial charge on any atom is -0.443 e. The van der Waals surface area contributed by atoms with Crippen LogP contribution in [0.5, 0.6) is 0 Å². The highest BCUT2D eigenvalue weighted by Gasteiger charge is 2.28. The number of nitrogens with one attached hydrogen (secondary N) is 2. The van der Waals surface area contributed by atoms with E-state index in [0.29, 0.717) is 25.4 Å². The lowest BCUT2D eigenvalue weighted by Gasteiger charge is -2.32. The molecule has 0 unspecified atom stereocenters. The van der Waals surface area contributed by atoms with E-state index in [1.165, 1.54) is 5.01 Å². The second-order valence-electron chi connectivity index (χ2n) is 6.44. The van der Waals surface area contributed by atoms with Gasteiger partial charge in [-0.15, -0.1) is 0 Å². The summed E-state index contributed by atoms with van der Waals surface area (Å²) < 4.78 is 5.37. The van der Waals surface area contributed by atoms with Crippen LogP contribution in [0.3, 0.4) is 0 Å². The van der Waals surface area contributed by atoms with Gasteiger partial charge in [0.1, 0.15) is 17.9 Å². The van der Waals surface area contributed by atoms with Gasteiger partial charge in [-0.2, -0.15) is 0 Å². The third-order valence-electron chi connectivity index (χ3n) is 2.63. The van der Waals surface area contributed by atoms with Gasteiger partial charge in [-0.25, -0.2) is 15.2 Å². The molecule has 0 rings (SSSR count).